The van der Waals surface area contributed by atoms with Crippen LogP contribution in [-0.4, -0.2) is 26.0 Å². The van der Waals surface area contributed by atoms with Crippen molar-refractivity contribution in [3.8, 4) is 5.88 Å². The van der Waals surface area contributed by atoms with E-state index in [4.69, 9.17) is 0 Å². The van der Waals surface area contributed by atoms with Crippen LogP contribution in [0.1, 0.15) is 16.1 Å². The highest BCUT2D eigenvalue weighted by Crippen LogP contribution is 2.16. The lowest BCUT2D eigenvalue weighted by Crippen LogP contribution is -2.21. The quantitative estimate of drug-likeness (QED) is 0.680. The Hall–Kier alpha value is -3.10. The smallest absolute Gasteiger partial charge is 0.328 e. The van der Waals surface area contributed by atoms with Crippen LogP contribution in [0.2, 0.25) is 0 Å². The summed E-state index contributed by atoms with van der Waals surface area (Å²) in [5.41, 5.74) is -1.49. The van der Waals surface area contributed by atoms with Gasteiger partial charge in [0.2, 0.25) is 11.6 Å². The summed E-state index contributed by atoms with van der Waals surface area (Å²) in [6.07, 6.45) is 1.31. The van der Waals surface area contributed by atoms with E-state index in [9.17, 15) is 19.5 Å². The van der Waals surface area contributed by atoms with Crippen molar-refractivity contribution in [2.45, 2.75) is 6.92 Å². The molecule has 0 bridgehead atoms. The van der Waals surface area contributed by atoms with Crippen molar-refractivity contribution >= 4 is 11.6 Å². The van der Waals surface area contributed by atoms with Crippen molar-refractivity contribution in [3.63, 3.8) is 0 Å². The number of carbonyl (C=O) groups excluding carboxylic acids is 1. The fraction of sp³-hybridized carbons (Fsp3) is 0.0909. The summed E-state index contributed by atoms with van der Waals surface area (Å²) in [6, 6.07) is 3.12. The fourth-order valence-corrected chi connectivity index (χ4v) is 1.31. The Morgan fingerprint density at radius 2 is 2.05 bits per heavy atom. The van der Waals surface area contributed by atoms with Crippen LogP contribution in [0.15, 0.2) is 38.1 Å². The van der Waals surface area contributed by atoms with Gasteiger partial charge in [0.05, 0.1) is 5.56 Å². The molecule has 9 nitrogen and oxygen atoms in total. The van der Waals surface area contributed by atoms with E-state index >= 15 is 0 Å². The first-order valence-corrected chi connectivity index (χ1v) is 5.41. The predicted octanol–water partition coefficient (Wildman–Crippen LogP) is 0.396. The number of pyridine rings is 1. The number of nitrogens with zero attached hydrogens (tertiary/aromatic N) is 3. The van der Waals surface area contributed by atoms with E-state index in [1.54, 1.807) is 13.0 Å². The molecule has 0 aliphatic rings. The van der Waals surface area contributed by atoms with Crippen LogP contribution >= 0.6 is 0 Å². The van der Waals surface area contributed by atoms with Gasteiger partial charge in [0.25, 0.3) is 11.5 Å². The van der Waals surface area contributed by atoms with Crippen molar-refractivity contribution in [2.75, 3.05) is 0 Å². The Kier molecular flexibility index (Phi) is 3.51. The maximum absolute atomic E-state index is 11.7. The lowest BCUT2D eigenvalue weighted by atomic mass is 10.2. The van der Waals surface area contributed by atoms with E-state index in [-0.39, 0.29) is 5.56 Å². The van der Waals surface area contributed by atoms with Crippen LogP contribution in [0.5, 0.6) is 5.88 Å². The molecule has 2 rings (SSSR count). The molecule has 9 heteroatoms. The highest BCUT2D eigenvalue weighted by molar-refractivity contribution is 5.94. The van der Waals surface area contributed by atoms with Crippen LogP contribution in [0.25, 0.3) is 0 Å². The summed E-state index contributed by atoms with van der Waals surface area (Å²) < 4.78 is 0. The Morgan fingerprint density at radius 1 is 1.30 bits per heavy atom. The summed E-state index contributed by atoms with van der Waals surface area (Å²) >= 11 is 0. The number of azo groups is 1. The normalized spacial score (nSPS) is 10.8. The Morgan fingerprint density at radius 3 is 2.65 bits per heavy atom. The van der Waals surface area contributed by atoms with Gasteiger partial charge in [-0.05, 0) is 19.1 Å². The van der Waals surface area contributed by atoms with Crippen molar-refractivity contribution < 1.29 is 9.90 Å². The second-order valence-corrected chi connectivity index (χ2v) is 3.80. The third kappa shape index (κ3) is 2.83. The molecule has 0 saturated heterocycles. The number of nitrogens with one attached hydrogen (secondary N) is 2. The first-order valence-electron chi connectivity index (χ1n) is 5.41. The van der Waals surface area contributed by atoms with Gasteiger partial charge in [-0.1, -0.05) is 0 Å². The first kappa shape index (κ1) is 13.3. The van der Waals surface area contributed by atoms with Gasteiger partial charge in [0, 0.05) is 11.9 Å². The van der Waals surface area contributed by atoms with Gasteiger partial charge in [-0.3, -0.25) is 24.5 Å². The average Bonchev–Trinajstić information content (AvgIpc) is 2.38. The zero-order valence-corrected chi connectivity index (χ0v) is 10.2. The molecule has 0 aliphatic carbocycles. The molecule has 20 heavy (non-hydrogen) atoms. The molecule has 0 radical (unpaired) electrons. The standard InChI is InChI=1S/C11H9N5O4/c1-5-2-3-6(4-12-5)8(17)16-15-7-9(18)13-11(20)14-10(7)19/h2-4H,1H3,(H3,13,14,18,19,20). The third-order valence-corrected chi connectivity index (χ3v) is 2.30. The second-order valence-electron chi connectivity index (χ2n) is 3.80. The van der Waals surface area contributed by atoms with Crippen LogP contribution in [0.3, 0.4) is 0 Å². The summed E-state index contributed by atoms with van der Waals surface area (Å²) in [6.45, 7) is 1.76. The van der Waals surface area contributed by atoms with Gasteiger partial charge in [-0.15, -0.1) is 10.2 Å². The molecule has 2 aromatic rings. The zero-order valence-electron chi connectivity index (χ0n) is 10.2. The van der Waals surface area contributed by atoms with Gasteiger partial charge in [0.1, 0.15) is 0 Å². The maximum atomic E-state index is 11.7. The van der Waals surface area contributed by atoms with E-state index in [0.717, 1.165) is 5.69 Å². The van der Waals surface area contributed by atoms with Gasteiger partial charge in [-0.25, -0.2) is 4.79 Å². The van der Waals surface area contributed by atoms with Crippen LogP contribution in [0.4, 0.5) is 5.69 Å². The van der Waals surface area contributed by atoms with Crippen molar-refractivity contribution in [3.05, 3.63) is 50.4 Å². The van der Waals surface area contributed by atoms with Gasteiger partial charge in [0.15, 0.2) is 0 Å². The van der Waals surface area contributed by atoms with E-state index in [2.05, 4.69) is 15.2 Å². The Balaban J connectivity index is 2.30. The number of aromatic hydroxyl groups is 1. The monoisotopic (exact) mass is 275 g/mol. The minimum absolute atomic E-state index is 0.180. The van der Waals surface area contributed by atoms with E-state index in [0.29, 0.717) is 0 Å². The minimum Gasteiger partial charge on any atom is -0.493 e. The van der Waals surface area contributed by atoms with Gasteiger partial charge < -0.3 is 5.11 Å². The number of aromatic nitrogens is 3. The van der Waals surface area contributed by atoms with Crippen LogP contribution < -0.4 is 11.2 Å². The molecule has 0 saturated carbocycles. The number of aromatic amines is 2. The van der Waals surface area contributed by atoms with Crippen molar-refractivity contribution in [1.29, 1.82) is 0 Å². The number of H-pyrrole nitrogens is 2. The predicted molar refractivity (Wildman–Crippen MR) is 67.2 cm³/mol. The number of amides is 1. The molecule has 0 spiro atoms. The molecule has 0 atom stereocenters. The molecule has 2 heterocycles. The molecule has 2 aromatic heterocycles. The largest absolute Gasteiger partial charge is 0.493 e. The summed E-state index contributed by atoms with van der Waals surface area (Å²) in [4.78, 5) is 41.5. The highest BCUT2D eigenvalue weighted by atomic mass is 16.3. The van der Waals surface area contributed by atoms with Crippen LogP contribution in [-0.2, 0) is 0 Å². The van der Waals surface area contributed by atoms with E-state index in [1.807, 2.05) is 9.97 Å². The molecule has 0 aromatic carbocycles. The number of rotatable bonds is 2. The van der Waals surface area contributed by atoms with Crippen LogP contribution in [0, 0.1) is 6.92 Å². The van der Waals surface area contributed by atoms with E-state index in [1.165, 1.54) is 12.3 Å². The zero-order chi connectivity index (χ0) is 14.7. The first-order chi connectivity index (χ1) is 9.47. The molecular weight excluding hydrogens is 266 g/mol. The highest BCUT2D eigenvalue weighted by Gasteiger charge is 2.09. The molecule has 0 unspecified atom stereocenters. The summed E-state index contributed by atoms with van der Waals surface area (Å²) in [7, 11) is 0. The molecule has 3 N–H and O–H groups in total. The van der Waals surface area contributed by atoms with Crippen molar-refractivity contribution in [2.24, 2.45) is 10.2 Å². The van der Waals surface area contributed by atoms with Gasteiger partial charge in [-0.2, -0.15) is 0 Å². The molecule has 102 valence electrons. The average molecular weight is 275 g/mol. The SMILES string of the molecule is Cc1ccc(C(=O)N=Nc2c(O)[nH]c(=O)[nH]c2=O)cn1. The topological polar surface area (TPSA) is 141 Å². The molecule has 1 amide bonds. The number of hydrogen-bond acceptors (Lipinski definition) is 6. The summed E-state index contributed by atoms with van der Waals surface area (Å²) in [5, 5.41) is 16.0. The maximum Gasteiger partial charge on any atom is 0.328 e. The minimum atomic E-state index is -0.954. The third-order valence-electron chi connectivity index (χ3n) is 2.30. The Bertz CT molecular complexity index is 788. The molecule has 0 aliphatic heterocycles. The summed E-state index contributed by atoms with van der Waals surface area (Å²) in [5.74, 6) is -1.50. The fourth-order valence-electron chi connectivity index (χ4n) is 1.31. The molecule has 0 fully saturated rings. The van der Waals surface area contributed by atoms with Crippen molar-refractivity contribution in [1.82, 2.24) is 15.0 Å². The van der Waals surface area contributed by atoms with E-state index < -0.39 is 28.7 Å². The van der Waals surface area contributed by atoms with Gasteiger partial charge >= 0.3 is 5.69 Å². The number of aryl methyl sites for hydroxylation is 1. The lowest BCUT2D eigenvalue weighted by molar-refractivity contribution is 0.0994. The lowest BCUT2D eigenvalue weighted by Gasteiger charge is -1.96. The number of carbonyl (C=O) groups is 1. The number of hydrogen-bond donors (Lipinski definition) is 3. The second kappa shape index (κ2) is 5.26. The molecular formula is C11H9N5O4. The Labute approximate surface area is 111 Å².